The van der Waals surface area contributed by atoms with Crippen LogP contribution in [0.1, 0.15) is 18.9 Å². The van der Waals surface area contributed by atoms with Crippen LogP contribution in [0.25, 0.3) is 0 Å². The van der Waals surface area contributed by atoms with E-state index in [1.165, 1.54) is 18.9 Å². The van der Waals surface area contributed by atoms with E-state index in [1.807, 2.05) is 25.1 Å². The van der Waals surface area contributed by atoms with E-state index >= 15 is 0 Å². The molecule has 1 N–H and O–H groups in total. The van der Waals surface area contributed by atoms with E-state index in [9.17, 15) is 9.59 Å². The van der Waals surface area contributed by atoms with E-state index in [0.29, 0.717) is 24.5 Å². The average molecular weight is 325 g/mol. The fourth-order valence-corrected chi connectivity index (χ4v) is 2.75. The van der Waals surface area contributed by atoms with Crippen LogP contribution in [0.5, 0.6) is 11.5 Å². The Labute approximate surface area is 133 Å². The lowest BCUT2D eigenvalue weighted by Gasteiger charge is -2.12. The highest BCUT2D eigenvalue weighted by atomic mass is 32.2. The van der Waals surface area contributed by atoms with Crippen LogP contribution < -0.4 is 14.8 Å². The zero-order valence-electron chi connectivity index (χ0n) is 12.6. The van der Waals surface area contributed by atoms with Crippen LogP contribution in [0.3, 0.4) is 0 Å². The molecule has 0 saturated carbocycles. The van der Waals surface area contributed by atoms with Gasteiger partial charge in [-0.3, -0.25) is 9.59 Å². The Morgan fingerprint density at radius 1 is 1.36 bits per heavy atom. The van der Waals surface area contributed by atoms with Crippen LogP contribution in [0.4, 0.5) is 0 Å². The predicted molar refractivity (Wildman–Crippen MR) is 83.0 cm³/mol. The number of hydrogen-bond acceptors (Lipinski definition) is 6. The molecule has 1 heterocycles. The first-order valence-corrected chi connectivity index (χ1v) is 7.99. The minimum absolute atomic E-state index is 0.0625. The fourth-order valence-electron chi connectivity index (χ4n) is 1.88. The van der Waals surface area contributed by atoms with Crippen molar-refractivity contribution in [3.63, 3.8) is 0 Å². The number of amides is 1. The van der Waals surface area contributed by atoms with Crippen molar-refractivity contribution in [2.45, 2.75) is 25.1 Å². The minimum atomic E-state index is -0.263. The molecule has 0 aliphatic carbocycles. The quantitative estimate of drug-likeness (QED) is 0.770. The first kappa shape index (κ1) is 16.5. The molecular formula is C15H19NO5S. The Bertz CT molecular complexity index is 549. The lowest BCUT2D eigenvalue weighted by Crippen LogP contribution is -2.30. The summed E-state index contributed by atoms with van der Waals surface area (Å²) >= 11 is 1.43. The van der Waals surface area contributed by atoms with Crippen LogP contribution in [0, 0.1) is 0 Å². The normalized spacial score (nSPS) is 13.5. The molecule has 1 aliphatic heterocycles. The molecule has 120 valence electrons. The average Bonchev–Trinajstić information content (AvgIpc) is 2.99. The van der Waals surface area contributed by atoms with Gasteiger partial charge in [0.2, 0.25) is 12.7 Å². The smallest absolute Gasteiger partial charge is 0.306 e. The molecule has 0 bridgehead atoms. The van der Waals surface area contributed by atoms with Crippen molar-refractivity contribution < 1.29 is 23.8 Å². The third-order valence-corrected chi connectivity index (χ3v) is 4.33. The number of methoxy groups -OCH3 is 1. The molecule has 0 saturated heterocycles. The highest BCUT2D eigenvalue weighted by Crippen LogP contribution is 2.32. The molecule has 0 spiro atoms. The van der Waals surface area contributed by atoms with Gasteiger partial charge in [-0.15, -0.1) is 11.8 Å². The van der Waals surface area contributed by atoms with E-state index in [-0.39, 0.29) is 23.9 Å². The lowest BCUT2D eigenvalue weighted by atomic mass is 10.2. The van der Waals surface area contributed by atoms with Crippen molar-refractivity contribution in [3.8, 4) is 11.5 Å². The molecule has 7 heteroatoms. The second-order valence-corrected chi connectivity index (χ2v) is 6.19. The highest BCUT2D eigenvalue weighted by molar-refractivity contribution is 8.00. The molecule has 0 unspecified atom stereocenters. The van der Waals surface area contributed by atoms with Crippen molar-refractivity contribution in [3.05, 3.63) is 23.8 Å². The van der Waals surface area contributed by atoms with Crippen molar-refractivity contribution in [2.24, 2.45) is 0 Å². The number of rotatable bonds is 7. The van der Waals surface area contributed by atoms with Crippen molar-refractivity contribution in [2.75, 3.05) is 19.7 Å². The van der Waals surface area contributed by atoms with Crippen molar-refractivity contribution in [1.82, 2.24) is 5.32 Å². The lowest BCUT2D eigenvalue weighted by molar-refractivity contribution is -0.140. The van der Waals surface area contributed by atoms with E-state index < -0.39 is 0 Å². The first-order chi connectivity index (χ1) is 10.6. The van der Waals surface area contributed by atoms with Crippen LogP contribution >= 0.6 is 11.8 Å². The second kappa shape index (κ2) is 7.93. The Balaban J connectivity index is 1.73. The Kier molecular flexibility index (Phi) is 5.94. The van der Waals surface area contributed by atoms with Gasteiger partial charge >= 0.3 is 5.97 Å². The summed E-state index contributed by atoms with van der Waals surface area (Å²) in [5.74, 6) is 1.66. The zero-order valence-corrected chi connectivity index (χ0v) is 13.4. The van der Waals surface area contributed by atoms with Gasteiger partial charge in [-0.05, 0) is 24.6 Å². The number of nitrogens with one attached hydrogen (secondary N) is 1. The predicted octanol–water partition coefficient (Wildman–Crippen LogP) is 1.72. The summed E-state index contributed by atoms with van der Waals surface area (Å²) in [5, 5.41) is 2.65. The summed E-state index contributed by atoms with van der Waals surface area (Å²) < 4.78 is 15.1. The summed E-state index contributed by atoms with van der Waals surface area (Å²) in [6.45, 7) is 2.48. The number of esters is 1. The van der Waals surface area contributed by atoms with Gasteiger partial charge in [-0.2, -0.15) is 0 Å². The Morgan fingerprint density at radius 3 is 2.91 bits per heavy atom. The summed E-state index contributed by atoms with van der Waals surface area (Å²) in [7, 11) is 1.36. The number of carbonyl (C=O) groups is 2. The number of benzene rings is 1. The van der Waals surface area contributed by atoms with E-state index in [0.717, 1.165) is 11.3 Å². The highest BCUT2D eigenvalue weighted by Gasteiger charge is 2.16. The van der Waals surface area contributed by atoms with Gasteiger partial charge in [-0.25, -0.2) is 0 Å². The summed E-state index contributed by atoms with van der Waals surface area (Å²) in [6.07, 6.45) is 0.306. The maximum Gasteiger partial charge on any atom is 0.306 e. The standard InChI is InChI=1S/C15H19NO5S/c1-10(22-6-5-14(17)19-2)15(18)16-8-11-3-4-12-13(7-11)21-9-20-12/h3-4,7,10H,5-6,8-9H2,1-2H3,(H,16,18)/t10-/m0/s1. The molecule has 1 atom stereocenters. The van der Waals surface area contributed by atoms with Crippen molar-refractivity contribution >= 4 is 23.6 Å². The van der Waals surface area contributed by atoms with Gasteiger partial charge in [0.1, 0.15) is 0 Å². The fraction of sp³-hybridized carbons (Fsp3) is 0.467. The molecule has 22 heavy (non-hydrogen) atoms. The molecule has 0 aromatic heterocycles. The SMILES string of the molecule is COC(=O)CCS[C@@H](C)C(=O)NCc1ccc2c(c1)OCO2. The molecule has 0 fully saturated rings. The molecular weight excluding hydrogens is 306 g/mol. The Hall–Kier alpha value is -1.89. The molecule has 2 rings (SSSR count). The maximum absolute atomic E-state index is 12.0. The topological polar surface area (TPSA) is 73.9 Å². The largest absolute Gasteiger partial charge is 0.469 e. The van der Waals surface area contributed by atoms with Crippen LogP contribution in [-0.4, -0.2) is 36.8 Å². The molecule has 1 aliphatic rings. The number of hydrogen-bond donors (Lipinski definition) is 1. The van der Waals surface area contributed by atoms with E-state index in [2.05, 4.69) is 10.1 Å². The zero-order chi connectivity index (χ0) is 15.9. The van der Waals surface area contributed by atoms with E-state index in [4.69, 9.17) is 9.47 Å². The van der Waals surface area contributed by atoms with Crippen LogP contribution in [0.15, 0.2) is 18.2 Å². The van der Waals surface area contributed by atoms with Crippen LogP contribution in [0.2, 0.25) is 0 Å². The third kappa shape index (κ3) is 4.56. The van der Waals surface area contributed by atoms with E-state index in [1.54, 1.807) is 0 Å². The number of carbonyl (C=O) groups excluding carboxylic acids is 2. The molecule has 1 aromatic carbocycles. The molecule has 1 amide bonds. The maximum atomic E-state index is 12.0. The minimum Gasteiger partial charge on any atom is -0.469 e. The van der Waals surface area contributed by atoms with Gasteiger partial charge in [0.05, 0.1) is 18.8 Å². The molecule has 1 aromatic rings. The van der Waals surface area contributed by atoms with Gasteiger partial charge in [0.15, 0.2) is 11.5 Å². The number of ether oxygens (including phenoxy) is 3. The van der Waals surface area contributed by atoms with Gasteiger partial charge in [0, 0.05) is 12.3 Å². The first-order valence-electron chi connectivity index (χ1n) is 6.95. The Morgan fingerprint density at radius 2 is 2.14 bits per heavy atom. The van der Waals surface area contributed by atoms with Crippen LogP contribution in [-0.2, 0) is 20.9 Å². The molecule has 6 nitrogen and oxygen atoms in total. The second-order valence-electron chi connectivity index (χ2n) is 4.74. The third-order valence-electron chi connectivity index (χ3n) is 3.17. The summed E-state index contributed by atoms with van der Waals surface area (Å²) in [6, 6.07) is 5.58. The van der Waals surface area contributed by atoms with Gasteiger partial charge in [0.25, 0.3) is 0 Å². The molecule has 0 radical (unpaired) electrons. The van der Waals surface area contributed by atoms with Gasteiger partial charge < -0.3 is 19.5 Å². The summed E-state index contributed by atoms with van der Waals surface area (Å²) in [5.41, 5.74) is 0.948. The summed E-state index contributed by atoms with van der Waals surface area (Å²) in [4.78, 5) is 23.0. The van der Waals surface area contributed by atoms with Crippen molar-refractivity contribution in [1.29, 1.82) is 0 Å². The number of fused-ring (bicyclic) bond motifs is 1. The van der Waals surface area contributed by atoms with Gasteiger partial charge in [-0.1, -0.05) is 6.07 Å². The number of thioether (sulfide) groups is 1. The monoisotopic (exact) mass is 325 g/mol.